The van der Waals surface area contributed by atoms with E-state index in [0.717, 1.165) is 5.56 Å². The third-order valence-corrected chi connectivity index (χ3v) is 5.34. The van der Waals surface area contributed by atoms with Gasteiger partial charge in [0.05, 0.1) is 4.90 Å². The highest BCUT2D eigenvalue weighted by molar-refractivity contribution is 7.89. The minimum absolute atomic E-state index is 0.172. The molecule has 0 spiro atoms. The van der Waals surface area contributed by atoms with E-state index < -0.39 is 10.0 Å². The summed E-state index contributed by atoms with van der Waals surface area (Å²) in [6.07, 6.45) is 0. The third kappa shape index (κ3) is 3.71. The summed E-state index contributed by atoms with van der Waals surface area (Å²) in [4.78, 5) is 0.172. The minimum Gasteiger partial charge on any atom is -0.486 e. The Morgan fingerprint density at radius 1 is 1.00 bits per heavy atom. The van der Waals surface area contributed by atoms with E-state index in [4.69, 9.17) is 9.47 Å². The number of rotatable bonds is 5. The summed E-state index contributed by atoms with van der Waals surface area (Å²) in [5, 5.41) is 0. The van der Waals surface area contributed by atoms with Gasteiger partial charge in [0.15, 0.2) is 11.5 Å². The van der Waals surface area contributed by atoms with Crippen molar-refractivity contribution in [3.8, 4) is 11.5 Å². The van der Waals surface area contributed by atoms with Crippen LogP contribution >= 0.6 is 0 Å². The molecule has 2 aromatic rings. The van der Waals surface area contributed by atoms with Gasteiger partial charge in [-0.25, -0.2) is 13.1 Å². The van der Waals surface area contributed by atoms with E-state index in [9.17, 15) is 8.42 Å². The Bertz CT molecular complexity index is 813. The van der Waals surface area contributed by atoms with Crippen molar-refractivity contribution in [3.63, 3.8) is 0 Å². The van der Waals surface area contributed by atoms with Crippen LogP contribution in [0.2, 0.25) is 0 Å². The molecule has 128 valence electrons. The first-order valence-electron chi connectivity index (χ1n) is 7.94. The predicted octanol–water partition coefficient (Wildman–Crippen LogP) is 3.06. The molecule has 3 rings (SSSR count). The van der Waals surface area contributed by atoms with Gasteiger partial charge in [-0.05, 0) is 29.2 Å². The predicted molar refractivity (Wildman–Crippen MR) is 92.0 cm³/mol. The molecule has 0 radical (unpaired) electrons. The van der Waals surface area contributed by atoms with E-state index >= 15 is 0 Å². The van der Waals surface area contributed by atoms with Crippen LogP contribution in [0.15, 0.2) is 47.4 Å². The number of hydrogen-bond acceptors (Lipinski definition) is 4. The molecular weight excluding hydrogens is 326 g/mol. The van der Waals surface area contributed by atoms with Crippen molar-refractivity contribution in [2.75, 3.05) is 13.2 Å². The second-order valence-electron chi connectivity index (χ2n) is 6.03. The minimum atomic E-state index is -3.60. The second-order valence-corrected chi connectivity index (χ2v) is 7.79. The summed E-state index contributed by atoms with van der Waals surface area (Å²) < 4.78 is 38.4. The standard InChI is InChI=1S/C18H21NO4S/c1-13(2)15-5-3-14(4-6-15)12-19-24(20,21)16-7-8-17-18(11-16)23-10-9-22-17/h3-8,11,13,19H,9-10,12H2,1-2H3. The molecule has 2 aromatic carbocycles. The highest BCUT2D eigenvalue weighted by Gasteiger charge is 2.19. The van der Waals surface area contributed by atoms with Gasteiger partial charge in [-0.2, -0.15) is 0 Å². The molecule has 5 nitrogen and oxygen atoms in total. The molecule has 1 aliphatic heterocycles. The van der Waals surface area contributed by atoms with E-state index in [0.29, 0.717) is 30.6 Å². The lowest BCUT2D eigenvalue weighted by Gasteiger charge is -2.19. The van der Waals surface area contributed by atoms with E-state index in [1.807, 2.05) is 24.3 Å². The first kappa shape index (κ1) is 16.8. The Morgan fingerprint density at radius 2 is 1.67 bits per heavy atom. The van der Waals surface area contributed by atoms with E-state index in [2.05, 4.69) is 18.6 Å². The van der Waals surface area contributed by atoms with E-state index in [-0.39, 0.29) is 11.4 Å². The molecule has 0 bridgehead atoms. The summed E-state index contributed by atoms with van der Waals surface area (Å²) in [6.45, 7) is 5.39. The van der Waals surface area contributed by atoms with Gasteiger partial charge in [0.25, 0.3) is 0 Å². The Hall–Kier alpha value is -2.05. The topological polar surface area (TPSA) is 64.6 Å². The average Bonchev–Trinajstić information content (AvgIpc) is 2.60. The molecule has 6 heteroatoms. The van der Waals surface area contributed by atoms with Crippen LogP contribution in [0.3, 0.4) is 0 Å². The Labute approximate surface area is 142 Å². The lowest BCUT2D eigenvalue weighted by molar-refractivity contribution is 0.171. The van der Waals surface area contributed by atoms with E-state index in [1.165, 1.54) is 17.7 Å². The van der Waals surface area contributed by atoms with Crippen molar-refractivity contribution in [2.24, 2.45) is 0 Å². The monoisotopic (exact) mass is 347 g/mol. The summed E-state index contributed by atoms with van der Waals surface area (Å²) >= 11 is 0. The van der Waals surface area contributed by atoms with Crippen LogP contribution in [-0.2, 0) is 16.6 Å². The van der Waals surface area contributed by atoms with Crippen LogP contribution in [0.5, 0.6) is 11.5 Å². The maximum Gasteiger partial charge on any atom is 0.241 e. The van der Waals surface area contributed by atoms with Gasteiger partial charge in [-0.15, -0.1) is 0 Å². The van der Waals surface area contributed by atoms with Crippen molar-refractivity contribution in [2.45, 2.75) is 31.2 Å². The molecule has 0 atom stereocenters. The highest BCUT2D eigenvalue weighted by atomic mass is 32.2. The zero-order chi connectivity index (χ0) is 17.2. The average molecular weight is 347 g/mol. The van der Waals surface area contributed by atoms with Crippen molar-refractivity contribution in [3.05, 3.63) is 53.6 Å². The molecule has 0 saturated heterocycles. The zero-order valence-electron chi connectivity index (χ0n) is 13.8. The van der Waals surface area contributed by atoms with Crippen LogP contribution in [0.25, 0.3) is 0 Å². The number of hydrogen-bond donors (Lipinski definition) is 1. The van der Waals surface area contributed by atoms with Crippen molar-refractivity contribution in [1.82, 2.24) is 4.72 Å². The first-order valence-corrected chi connectivity index (χ1v) is 9.42. The molecule has 1 N–H and O–H groups in total. The largest absolute Gasteiger partial charge is 0.486 e. The van der Waals surface area contributed by atoms with Gasteiger partial charge < -0.3 is 9.47 Å². The van der Waals surface area contributed by atoms with Crippen LogP contribution < -0.4 is 14.2 Å². The van der Waals surface area contributed by atoms with Gasteiger partial charge in [0.1, 0.15) is 13.2 Å². The lowest BCUT2D eigenvalue weighted by Crippen LogP contribution is -2.23. The summed E-state index contributed by atoms with van der Waals surface area (Å²) in [5.74, 6) is 1.49. The fourth-order valence-electron chi connectivity index (χ4n) is 2.47. The number of benzene rings is 2. The molecule has 0 saturated carbocycles. The normalized spacial score (nSPS) is 14.0. The van der Waals surface area contributed by atoms with Crippen molar-refractivity contribution in [1.29, 1.82) is 0 Å². The molecule has 0 unspecified atom stereocenters. The van der Waals surface area contributed by atoms with Gasteiger partial charge >= 0.3 is 0 Å². The van der Waals surface area contributed by atoms with Crippen LogP contribution in [0.4, 0.5) is 0 Å². The molecule has 0 fully saturated rings. The van der Waals surface area contributed by atoms with Crippen molar-refractivity contribution < 1.29 is 17.9 Å². The van der Waals surface area contributed by atoms with Crippen LogP contribution in [-0.4, -0.2) is 21.6 Å². The van der Waals surface area contributed by atoms with Gasteiger partial charge in [-0.3, -0.25) is 0 Å². The number of fused-ring (bicyclic) bond motifs is 1. The second kappa shape index (κ2) is 6.83. The quantitative estimate of drug-likeness (QED) is 0.903. The molecule has 0 aromatic heterocycles. The molecule has 1 aliphatic rings. The Kier molecular flexibility index (Phi) is 4.78. The lowest BCUT2D eigenvalue weighted by atomic mass is 10.0. The smallest absolute Gasteiger partial charge is 0.241 e. The van der Waals surface area contributed by atoms with Gasteiger partial charge in [0, 0.05) is 12.6 Å². The number of nitrogens with one attached hydrogen (secondary N) is 1. The fraction of sp³-hybridized carbons (Fsp3) is 0.333. The maximum atomic E-state index is 12.5. The molecule has 24 heavy (non-hydrogen) atoms. The first-order chi connectivity index (χ1) is 11.5. The highest BCUT2D eigenvalue weighted by Crippen LogP contribution is 2.32. The molecular formula is C18H21NO4S. The summed E-state index contributed by atoms with van der Waals surface area (Å²) in [5.41, 5.74) is 2.15. The van der Waals surface area contributed by atoms with Gasteiger partial charge in [-0.1, -0.05) is 38.1 Å². The van der Waals surface area contributed by atoms with Crippen LogP contribution in [0.1, 0.15) is 30.9 Å². The molecule has 0 aliphatic carbocycles. The SMILES string of the molecule is CC(C)c1ccc(CNS(=O)(=O)c2ccc3c(c2)OCCO3)cc1. The van der Waals surface area contributed by atoms with E-state index in [1.54, 1.807) is 6.07 Å². The third-order valence-electron chi connectivity index (χ3n) is 3.94. The van der Waals surface area contributed by atoms with Gasteiger partial charge in [0.2, 0.25) is 10.0 Å². The fourth-order valence-corrected chi connectivity index (χ4v) is 3.51. The van der Waals surface area contributed by atoms with Crippen molar-refractivity contribution >= 4 is 10.0 Å². The number of sulfonamides is 1. The summed E-state index contributed by atoms with van der Waals surface area (Å²) in [6, 6.07) is 12.6. The Morgan fingerprint density at radius 3 is 2.33 bits per heavy atom. The zero-order valence-corrected chi connectivity index (χ0v) is 14.6. The van der Waals surface area contributed by atoms with Crippen LogP contribution in [0, 0.1) is 0 Å². The molecule has 0 amide bonds. The number of ether oxygens (including phenoxy) is 2. The summed E-state index contributed by atoms with van der Waals surface area (Å²) in [7, 11) is -3.60. The molecule has 1 heterocycles. The maximum absolute atomic E-state index is 12.5. The Balaban J connectivity index is 1.72.